The van der Waals surface area contributed by atoms with Gasteiger partial charge in [-0.2, -0.15) is 0 Å². The number of nitrogens with zero attached hydrogens (tertiary/aromatic N) is 1. The summed E-state index contributed by atoms with van der Waals surface area (Å²) in [7, 11) is 0. The van der Waals surface area contributed by atoms with Gasteiger partial charge in [0.15, 0.2) is 0 Å². The van der Waals surface area contributed by atoms with E-state index in [1.54, 1.807) is 17.0 Å². The van der Waals surface area contributed by atoms with Crippen molar-refractivity contribution in [2.45, 2.75) is 26.4 Å². The van der Waals surface area contributed by atoms with Gasteiger partial charge in [-0.1, -0.05) is 30.3 Å². The third kappa shape index (κ3) is 3.61. The van der Waals surface area contributed by atoms with E-state index in [1.807, 2.05) is 44.2 Å². The summed E-state index contributed by atoms with van der Waals surface area (Å²) in [5.41, 5.74) is 1.10. The van der Waals surface area contributed by atoms with Gasteiger partial charge >= 0.3 is 6.03 Å². The molecule has 0 atom stereocenters. The van der Waals surface area contributed by atoms with Gasteiger partial charge in [0.2, 0.25) is 5.88 Å². The standard InChI is InChI=1S/C15H18N2O2/c1-12(2)17(11-13-7-4-3-5-8-13)15(18)16-14-9-6-10-19-14/h3-10,12H,11H2,1-2H3,(H,16,18). The molecule has 2 amide bonds. The summed E-state index contributed by atoms with van der Waals surface area (Å²) in [6.07, 6.45) is 1.53. The van der Waals surface area contributed by atoms with Crippen LogP contribution in [0.1, 0.15) is 19.4 Å². The number of furan rings is 1. The van der Waals surface area contributed by atoms with Gasteiger partial charge < -0.3 is 9.32 Å². The average Bonchev–Trinajstić information content (AvgIpc) is 2.89. The molecule has 1 N–H and O–H groups in total. The highest BCUT2D eigenvalue weighted by Gasteiger charge is 2.18. The Morgan fingerprint density at radius 1 is 1.21 bits per heavy atom. The maximum absolute atomic E-state index is 12.2. The molecule has 4 nitrogen and oxygen atoms in total. The maximum atomic E-state index is 12.2. The molecule has 0 saturated heterocycles. The van der Waals surface area contributed by atoms with Crippen LogP contribution in [-0.2, 0) is 6.54 Å². The van der Waals surface area contributed by atoms with Gasteiger partial charge in [0.05, 0.1) is 6.26 Å². The molecule has 2 aromatic rings. The normalized spacial score (nSPS) is 10.5. The fraction of sp³-hybridized carbons (Fsp3) is 0.267. The van der Waals surface area contributed by atoms with Crippen molar-refractivity contribution in [2.24, 2.45) is 0 Å². The molecule has 1 heterocycles. The number of anilines is 1. The van der Waals surface area contributed by atoms with E-state index in [1.165, 1.54) is 6.26 Å². The first kappa shape index (κ1) is 13.2. The van der Waals surface area contributed by atoms with Crippen LogP contribution in [0.15, 0.2) is 53.1 Å². The predicted molar refractivity (Wildman–Crippen MR) is 74.8 cm³/mol. The van der Waals surface area contributed by atoms with Gasteiger partial charge in [-0.25, -0.2) is 4.79 Å². The van der Waals surface area contributed by atoms with Crippen LogP contribution in [0.4, 0.5) is 10.7 Å². The van der Waals surface area contributed by atoms with Gasteiger partial charge in [0.1, 0.15) is 0 Å². The third-order valence-corrected chi connectivity index (χ3v) is 2.83. The first-order valence-electron chi connectivity index (χ1n) is 6.32. The van der Waals surface area contributed by atoms with Crippen LogP contribution in [0.3, 0.4) is 0 Å². The Labute approximate surface area is 113 Å². The Morgan fingerprint density at radius 2 is 1.95 bits per heavy atom. The molecule has 0 saturated carbocycles. The fourth-order valence-electron chi connectivity index (χ4n) is 1.80. The van der Waals surface area contributed by atoms with Crippen molar-refractivity contribution in [2.75, 3.05) is 5.32 Å². The second-order valence-electron chi connectivity index (χ2n) is 4.61. The Kier molecular flexibility index (Phi) is 4.23. The van der Waals surface area contributed by atoms with Crippen LogP contribution < -0.4 is 5.32 Å². The Hall–Kier alpha value is -2.23. The van der Waals surface area contributed by atoms with Crippen molar-refractivity contribution in [3.05, 3.63) is 54.3 Å². The lowest BCUT2D eigenvalue weighted by Gasteiger charge is -2.26. The number of carbonyl (C=O) groups excluding carboxylic acids is 1. The van der Waals surface area contributed by atoms with E-state index in [9.17, 15) is 4.79 Å². The minimum absolute atomic E-state index is 0.107. The van der Waals surface area contributed by atoms with Crippen molar-refractivity contribution in [3.8, 4) is 0 Å². The zero-order valence-electron chi connectivity index (χ0n) is 11.2. The molecule has 0 aliphatic rings. The zero-order valence-corrected chi connectivity index (χ0v) is 11.2. The van der Waals surface area contributed by atoms with Crippen molar-refractivity contribution >= 4 is 11.9 Å². The number of hydrogen-bond donors (Lipinski definition) is 1. The lowest BCUT2D eigenvalue weighted by Crippen LogP contribution is -2.39. The quantitative estimate of drug-likeness (QED) is 0.908. The van der Waals surface area contributed by atoms with Gasteiger partial charge in [-0.3, -0.25) is 5.32 Å². The Bertz CT molecular complexity index is 506. The molecule has 0 spiro atoms. The van der Waals surface area contributed by atoms with E-state index in [0.29, 0.717) is 12.4 Å². The molecule has 0 aliphatic carbocycles. The summed E-state index contributed by atoms with van der Waals surface area (Å²) in [5, 5.41) is 2.74. The van der Waals surface area contributed by atoms with E-state index < -0.39 is 0 Å². The number of hydrogen-bond acceptors (Lipinski definition) is 2. The van der Waals surface area contributed by atoms with Crippen molar-refractivity contribution in [3.63, 3.8) is 0 Å². The molecule has 4 heteroatoms. The van der Waals surface area contributed by atoms with Crippen LogP contribution in [0, 0.1) is 0 Å². The minimum Gasteiger partial charge on any atom is -0.449 e. The molecule has 1 aromatic heterocycles. The zero-order chi connectivity index (χ0) is 13.7. The molecule has 0 unspecified atom stereocenters. The van der Waals surface area contributed by atoms with E-state index >= 15 is 0 Å². The topological polar surface area (TPSA) is 45.5 Å². The second-order valence-corrected chi connectivity index (χ2v) is 4.61. The van der Waals surface area contributed by atoms with Gasteiger partial charge in [0.25, 0.3) is 0 Å². The van der Waals surface area contributed by atoms with Crippen LogP contribution in [0.2, 0.25) is 0 Å². The molecule has 19 heavy (non-hydrogen) atoms. The van der Waals surface area contributed by atoms with Crippen LogP contribution in [-0.4, -0.2) is 17.0 Å². The summed E-state index contributed by atoms with van der Waals surface area (Å²) in [5.74, 6) is 0.462. The highest BCUT2D eigenvalue weighted by molar-refractivity contribution is 5.88. The van der Waals surface area contributed by atoms with Gasteiger partial charge in [-0.15, -0.1) is 0 Å². The number of urea groups is 1. The summed E-state index contributed by atoms with van der Waals surface area (Å²) < 4.78 is 5.13. The van der Waals surface area contributed by atoms with Crippen LogP contribution in [0.25, 0.3) is 0 Å². The van der Waals surface area contributed by atoms with E-state index in [0.717, 1.165) is 5.56 Å². The fourth-order valence-corrected chi connectivity index (χ4v) is 1.80. The van der Waals surface area contributed by atoms with Crippen LogP contribution in [0.5, 0.6) is 0 Å². The second kappa shape index (κ2) is 6.09. The average molecular weight is 258 g/mol. The highest BCUT2D eigenvalue weighted by atomic mass is 16.3. The summed E-state index contributed by atoms with van der Waals surface area (Å²) in [6, 6.07) is 13.3. The lowest BCUT2D eigenvalue weighted by molar-refractivity contribution is 0.193. The molecule has 2 rings (SSSR count). The molecule has 100 valence electrons. The maximum Gasteiger partial charge on any atom is 0.324 e. The van der Waals surface area contributed by atoms with Crippen LogP contribution >= 0.6 is 0 Å². The summed E-state index contributed by atoms with van der Waals surface area (Å²) >= 11 is 0. The van der Waals surface area contributed by atoms with Crippen molar-refractivity contribution < 1.29 is 9.21 Å². The molecular weight excluding hydrogens is 240 g/mol. The molecule has 1 aromatic carbocycles. The molecule has 0 fully saturated rings. The molecule has 0 radical (unpaired) electrons. The Morgan fingerprint density at radius 3 is 2.53 bits per heavy atom. The van der Waals surface area contributed by atoms with Crippen molar-refractivity contribution in [1.82, 2.24) is 4.90 Å². The monoisotopic (exact) mass is 258 g/mol. The third-order valence-electron chi connectivity index (χ3n) is 2.83. The lowest BCUT2D eigenvalue weighted by atomic mass is 10.2. The largest absolute Gasteiger partial charge is 0.449 e. The number of carbonyl (C=O) groups is 1. The van der Waals surface area contributed by atoms with E-state index in [-0.39, 0.29) is 12.1 Å². The highest BCUT2D eigenvalue weighted by Crippen LogP contribution is 2.12. The van der Waals surface area contributed by atoms with Gasteiger partial charge in [-0.05, 0) is 25.5 Å². The number of nitrogens with one attached hydrogen (secondary N) is 1. The van der Waals surface area contributed by atoms with Crippen molar-refractivity contribution in [1.29, 1.82) is 0 Å². The first-order valence-corrected chi connectivity index (χ1v) is 6.32. The first-order chi connectivity index (χ1) is 9.16. The van der Waals surface area contributed by atoms with E-state index in [2.05, 4.69) is 5.32 Å². The number of amides is 2. The number of rotatable bonds is 4. The molecule has 0 bridgehead atoms. The smallest absolute Gasteiger partial charge is 0.324 e. The summed E-state index contributed by atoms with van der Waals surface area (Å²) in [4.78, 5) is 14.0. The predicted octanol–water partition coefficient (Wildman–Crippen LogP) is 3.72. The summed E-state index contributed by atoms with van der Waals surface area (Å²) in [6.45, 7) is 4.56. The Balaban J connectivity index is 2.05. The molecular formula is C15H18N2O2. The van der Waals surface area contributed by atoms with E-state index in [4.69, 9.17) is 4.42 Å². The molecule has 0 aliphatic heterocycles. The SMILES string of the molecule is CC(C)N(Cc1ccccc1)C(=O)Nc1ccco1. The van der Waals surface area contributed by atoms with Gasteiger partial charge in [0, 0.05) is 18.7 Å². The minimum atomic E-state index is -0.159. The number of benzene rings is 1.